The molecule has 0 aromatic heterocycles. The Kier molecular flexibility index (Phi) is 38.2. The molecule has 0 amide bonds. The van der Waals surface area contributed by atoms with Crippen LogP contribution in [0.4, 0.5) is 0 Å². The zero-order valence-corrected chi connectivity index (χ0v) is 31.6. The summed E-state index contributed by atoms with van der Waals surface area (Å²) in [7, 11) is 1.94. The second kappa shape index (κ2) is 38.3. The van der Waals surface area contributed by atoms with Crippen LogP contribution in [0.3, 0.4) is 0 Å². The third-order valence-electron chi connectivity index (χ3n) is 9.68. The minimum absolute atomic E-state index is 0.239. The number of nitrogens with zero attached hydrogens (tertiary/aromatic N) is 1. The first-order valence-corrected chi connectivity index (χ1v) is 20.7. The number of aliphatic hydroxyl groups is 1. The van der Waals surface area contributed by atoms with Gasteiger partial charge in [-0.05, 0) is 26.8 Å². The largest absolute Gasteiger partial charge is 0.379 e. The first-order valence-electron chi connectivity index (χ1n) is 20.7. The first kappa shape index (κ1) is 44.8. The van der Waals surface area contributed by atoms with Gasteiger partial charge < -0.3 is 14.6 Å². The summed E-state index contributed by atoms with van der Waals surface area (Å²) in [5.41, 5.74) is 0. The van der Waals surface area contributed by atoms with Gasteiger partial charge in [-0.2, -0.15) is 0 Å². The van der Waals surface area contributed by atoms with Crippen molar-refractivity contribution >= 4 is 0 Å². The third-order valence-corrected chi connectivity index (χ3v) is 9.68. The van der Waals surface area contributed by atoms with Crippen LogP contribution < -0.4 is 0 Å². The highest BCUT2D eigenvalue weighted by atomic mass is 16.7. The van der Waals surface area contributed by atoms with Gasteiger partial charge in [0.05, 0.1) is 6.54 Å². The van der Waals surface area contributed by atoms with E-state index in [0.29, 0.717) is 6.54 Å². The van der Waals surface area contributed by atoms with Gasteiger partial charge in [0.15, 0.2) is 6.29 Å². The molecule has 0 aliphatic carbocycles. The van der Waals surface area contributed by atoms with Crippen molar-refractivity contribution in [2.45, 2.75) is 239 Å². The zero-order valence-electron chi connectivity index (χ0n) is 31.6. The van der Waals surface area contributed by atoms with Gasteiger partial charge in [0.1, 0.15) is 6.23 Å². The predicted octanol–water partition coefficient (Wildman–Crippen LogP) is 13.1. The predicted molar refractivity (Wildman–Crippen MR) is 199 cm³/mol. The summed E-state index contributed by atoms with van der Waals surface area (Å²) in [6, 6.07) is 0. The average molecular weight is 640 g/mol. The van der Waals surface area contributed by atoms with Gasteiger partial charge in [0, 0.05) is 13.2 Å². The van der Waals surface area contributed by atoms with Crippen LogP contribution in [0.15, 0.2) is 0 Å². The Morgan fingerprint density at radius 1 is 0.400 bits per heavy atom. The number of ether oxygens (including phenoxy) is 2. The zero-order chi connectivity index (χ0) is 32.9. The molecule has 0 fully saturated rings. The molecule has 1 N–H and O–H groups in total. The number of hydrogen-bond donors (Lipinski definition) is 1. The van der Waals surface area contributed by atoms with Gasteiger partial charge in [-0.15, -0.1) is 0 Å². The minimum Gasteiger partial charge on any atom is -0.379 e. The number of unbranched alkanes of at least 4 members (excludes halogenated alkanes) is 30. The van der Waals surface area contributed by atoms with E-state index in [1.165, 1.54) is 193 Å². The fourth-order valence-corrected chi connectivity index (χ4v) is 6.27. The number of aliphatic hydroxyl groups excluding tert-OH is 1. The van der Waals surface area contributed by atoms with Gasteiger partial charge >= 0.3 is 0 Å². The van der Waals surface area contributed by atoms with Crippen molar-refractivity contribution in [2.24, 2.45) is 0 Å². The summed E-state index contributed by atoms with van der Waals surface area (Å²) in [4.78, 5) is 1.91. The molecule has 0 aromatic carbocycles. The van der Waals surface area contributed by atoms with Crippen molar-refractivity contribution in [1.82, 2.24) is 4.90 Å². The van der Waals surface area contributed by atoms with Gasteiger partial charge in [-0.1, -0.05) is 206 Å². The molecule has 0 saturated carbocycles. The lowest BCUT2D eigenvalue weighted by atomic mass is 10.0. The monoisotopic (exact) mass is 640 g/mol. The van der Waals surface area contributed by atoms with E-state index in [9.17, 15) is 5.11 Å². The molecule has 0 heterocycles. The molecule has 1 atom stereocenters. The Labute approximate surface area is 284 Å². The fourth-order valence-electron chi connectivity index (χ4n) is 6.27. The smallest absolute Gasteiger partial charge is 0.170 e. The maximum atomic E-state index is 9.93. The summed E-state index contributed by atoms with van der Waals surface area (Å²) >= 11 is 0. The Morgan fingerprint density at radius 3 is 0.844 bits per heavy atom. The third kappa shape index (κ3) is 36.5. The summed E-state index contributed by atoms with van der Waals surface area (Å²) in [5.74, 6) is 0. The van der Waals surface area contributed by atoms with Gasteiger partial charge in [0.25, 0.3) is 0 Å². The molecule has 1 unspecified atom stereocenters. The van der Waals surface area contributed by atoms with Crippen LogP contribution in [0.25, 0.3) is 0 Å². The summed E-state index contributed by atoms with van der Waals surface area (Å²) < 4.78 is 12.3. The first-order chi connectivity index (χ1) is 22.1. The number of rotatable bonds is 39. The topological polar surface area (TPSA) is 41.9 Å². The molecule has 272 valence electrons. The molecular weight excluding hydrogens is 554 g/mol. The lowest BCUT2D eigenvalue weighted by Gasteiger charge is -2.26. The lowest BCUT2D eigenvalue weighted by Crippen LogP contribution is -2.38. The fraction of sp³-hybridized carbons (Fsp3) is 1.00. The Hall–Kier alpha value is -0.160. The molecule has 0 spiro atoms. The Bertz CT molecular complexity index is 491. The molecule has 0 aliphatic rings. The summed E-state index contributed by atoms with van der Waals surface area (Å²) in [6.07, 6.45) is 43.6. The van der Waals surface area contributed by atoms with E-state index in [2.05, 4.69) is 13.8 Å². The Morgan fingerprint density at radius 2 is 0.622 bits per heavy atom. The van der Waals surface area contributed by atoms with E-state index in [-0.39, 0.29) is 6.29 Å². The van der Waals surface area contributed by atoms with Crippen molar-refractivity contribution in [3.63, 3.8) is 0 Å². The van der Waals surface area contributed by atoms with Gasteiger partial charge in [-0.25, -0.2) is 0 Å². The molecule has 45 heavy (non-hydrogen) atoms. The van der Waals surface area contributed by atoms with Crippen LogP contribution in [-0.4, -0.2) is 49.3 Å². The highest BCUT2D eigenvalue weighted by molar-refractivity contribution is 4.57. The van der Waals surface area contributed by atoms with Gasteiger partial charge in [0.2, 0.25) is 0 Å². The second-order valence-electron chi connectivity index (χ2n) is 14.3. The molecule has 0 saturated heterocycles. The molecule has 0 radical (unpaired) electrons. The molecule has 4 nitrogen and oxygen atoms in total. The summed E-state index contributed by atoms with van der Waals surface area (Å²) in [5, 5.41) is 9.93. The van der Waals surface area contributed by atoms with Crippen LogP contribution >= 0.6 is 0 Å². The van der Waals surface area contributed by atoms with Crippen LogP contribution in [0.2, 0.25) is 0 Å². The quantitative estimate of drug-likeness (QED) is 0.0537. The van der Waals surface area contributed by atoms with E-state index in [1.54, 1.807) is 0 Å². The molecule has 0 aromatic rings. The second-order valence-corrected chi connectivity index (χ2v) is 14.3. The molecule has 4 heteroatoms. The number of likely N-dealkylation sites (N-methyl/N-ethyl adjacent to an activating group) is 1. The van der Waals surface area contributed by atoms with E-state index < -0.39 is 6.23 Å². The van der Waals surface area contributed by atoms with E-state index in [4.69, 9.17) is 9.47 Å². The minimum atomic E-state index is -0.481. The van der Waals surface area contributed by atoms with Crippen LogP contribution in [0.1, 0.15) is 226 Å². The average Bonchev–Trinajstić information content (AvgIpc) is 3.03. The van der Waals surface area contributed by atoms with Crippen LogP contribution in [-0.2, 0) is 9.47 Å². The van der Waals surface area contributed by atoms with E-state index in [0.717, 1.165) is 26.1 Å². The lowest BCUT2D eigenvalue weighted by molar-refractivity contribution is -0.163. The summed E-state index contributed by atoms with van der Waals surface area (Å²) in [6.45, 7) is 8.54. The molecule has 0 rings (SSSR count). The van der Waals surface area contributed by atoms with Gasteiger partial charge in [-0.3, -0.25) is 4.90 Å². The number of hydrogen-bond acceptors (Lipinski definition) is 4. The SMILES string of the molecule is CCCCCCCCCCCCCCCCCCOC(CN(C)C(C)O)OCCCCCCCCCCCCCCCCCC. The maximum absolute atomic E-state index is 9.93. The van der Waals surface area contributed by atoms with Crippen molar-refractivity contribution in [3.05, 3.63) is 0 Å². The van der Waals surface area contributed by atoms with Crippen molar-refractivity contribution in [2.75, 3.05) is 26.8 Å². The highest BCUT2D eigenvalue weighted by Crippen LogP contribution is 2.16. The standard InChI is InChI=1S/C41H85NO3/c1-5-7-9-11-13-15-17-19-21-23-25-27-29-31-33-35-37-44-41(39-42(4)40(3)43)45-38-36-34-32-30-28-26-24-22-20-18-16-14-12-10-8-6-2/h40-41,43H,5-39H2,1-4H3. The van der Waals surface area contributed by atoms with E-state index >= 15 is 0 Å². The normalized spacial score (nSPS) is 12.6. The van der Waals surface area contributed by atoms with Crippen LogP contribution in [0.5, 0.6) is 0 Å². The molecule has 0 bridgehead atoms. The molecular formula is C41H85NO3. The molecule has 0 aliphatic heterocycles. The van der Waals surface area contributed by atoms with E-state index in [1.807, 2.05) is 18.9 Å². The van der Waals surface area contributed by atoms with Crippen LogP contribution in [0, 0.1) is 0 Å². The highest BCUT2D eigenvalue weighted by Gasteiger charge is 2.15. The van der Waals surface area contributed by atoms with Crippen molar-refractivity contribution < 1.29 is 14.6 Å². The Balaban J connectivity index is 3.63. The maximum Gasteiger partial charge on any atom is 0.170 e. The van der Waals surface area contributed by atoms with Crippen molar-refractivity contribution in [1.29, 1.82) is 0 Å². The van der Waals surface area contributed by atoms with Crippen molar-refractivity contribution in [3.8, 4) is 0 Å².